The van der Waals surface area contributed by atoms with Gasteiger partial charge in [-0.1, -0.05) is 37.3 Å². The summed E-state index contributed by atoms with van der Waals surface area (Å²) >= 11 is 0. The smallest absolute Gasteiger partial charge is 0.243 e. The van der Waals surface area contributed by atoms with Crippen LogP contribution in [0.2, 0.25) is 0 Å². The fourth-order valence-corrected chi connectivity index (χ4v) is 4.58. The summed E-state index contributed by atoms with van der Waals surface area (Å²) in [5, 5.41) is 13.6. The molecular weight excluding hydrogens is 421 g/mol. The summed E-state index contributed by atoms with van der Waals surface area (Å²) in [6, 6.07) is 14.3. The topological polar surface area (TPSA) is 74.6 Å². The molecule has 0 bridgehead atoms. The molecule has 3 aromatic rings. The SMILES string of the molecule is CCc1cn(CC(=O)N2C[C@H](F)C[C@H]2C(=O)NCCCc2ccccc2)c2ccc(O)cc12. The van der Waals surface area contributed by atoms with Crippen LogP contribution in [-0.4, -0.2) is 51.7 Å². The summed E-state index contributed by atoms with van der Waals surface area (Å²) in [6.07, 6.45) is 3.08. The standard InChI is InChI=1S/C26H30FN3O3/c1-2-19-15-29(23-11-10-21(31)14-22(19)23)17-25(32)30-16-20(27)13-24(30)26(33)28-12-6-9-18-7-4-3-5-8-18/h3-5,7-8,10-11,14-15,20,24,31H,2,6,9,12-13,16-17H2,1H3,(H,28,33)/t20-,24+/m1/s1. The average Bonchev–Trinajstić information content (AvgIpc) is 3.37. The first-order chi connectivity index (χ1) is 16.0. The second kappa shape index (κ2) is 10.1. The Morgan fingerprint density at radius 2 is 1.97 bits per heavy atom. The number of hydrogen-bond donors (Lipinski definition) is 2. The summed E-state index contributed by atoms with van der Waals surface area (Å²) in [6.45, 7) is 2.44. The number of nitrogens with zero attached hydrogens (tertiary/aromatic N) is 2. The fourth-order valence-electron chi connectivity index (χ4n) is 4.58. The normalized spacial score (nSPS) is 18.1. The van der Waals surface area contributed by atoms with E-state index in [1.54, 1.807) is 18.2 Å². The Labute approximate surface area is 193 Å². The molecule has 1 aromatic heterocycles. The Bertz CT molecular complexity index is 1130. The van der Waals surface area contributed by atoms with Crippen LogP contribution in [0.15, 0.2) is 54.7 Å². The molecule has 33 heavy (non-hydrogen) atoms. The quantitative estimate of drug-likeness (QED) is 0.514. The van der Waals surface area contributed by atoms with E-state index in [-0.39, 0.29) is 37.1 Å². The lowest BCUT2D eigenvalue weighted by Crippen LogP contribution is -2.47. The molecule has 0 radical (unpaired) electrons. The molecule has 2 aromatic carbocycles. The Morgan fingerprint density at radius 1 is 1.18 bits per heavy atom. The van der Waals surface area contributed by atoms with Gasteiger partial charge in [0.15, 0.2) is 0 Å². The third kappa shape index (κ3) is 5.18. The number of phenolic OH excluding ortho intramolecular Hbond substituents is 1. The van der Waals surface area contributed by atoms with Crippen molar-refractivity contribution in [1.29, 1.82) is 0 Å². The van der Waals surface area contributed by atoms with Gasteiger partial charge in [0.1, 0.15) is 24.5 Å². The van der Waals surface area contributed by atoms with E-state index in [0.29, 0.717) is 6.54 Å². The molecule has 0 spiro atoms. The number of likely N-dealkylation sites (tertiary alicyclic amines) is 1. The van der Waals surface area contributed by atoms with E-state index in [1.807, 2.05) is 48.0 Å². The predicted molar refractivity (Wildman–Crippen MR) is 126 cm³/mol. The Morgan fingerprint density at radius 3 is 2.73 bits per heavy atom. The van der Waals surface area contributed by atoms with Gasteiger partial charge in [0.25, 0.3) is 0 Å². The number of alkyl halides is 1. The van der Waals surface area contributed by atoms with Crippen molar-refractivity contribution in [1.82, 2.24) is 14.8 Å². The molecule has 2 amide bonds. The maximum Gasteiger partial charge on any atom is 0.243 e. The van der Waals surface area contributed by atoms with Crippen molar-refractivity contribution in [3.63, 3.8) is 0 Å². The lowest BCUT2D eigenvalue weighted by atomic mass is 10.1. The number of hydrogen-bond acceptors (Lipinski definition) is 3. The minimum Gasteiger partial charge on any atom is -0.508 e. The molecule has 1 saturated heterocycles. The summed E-state index contributed by atoms with van der Waals surface area (Å²) in [5.74, 6) is -0.412. The van der Waals surface area contributed by atoms with Crippen LogP contribution < -0.4 is 5.32 Å². The molecule has 1 fully saturated rings. The molecule has 174 valence electrons. The van der Waals surface area contributed by atoms with Crippen LogP contribution in [0.3, 0.4) is 0 Å². The molecule has 2 heterocycles. The zero-order valence-electron chi connectivity index (χ0n) is 18.8. The Hall–Kier alpha value is -3.35. The van der Waals surface area contributed by atoms with E-state index in [1.165, 1.54) is 10.5 Å². The first-order valence-electron chi connectivity index (χ1n) is 11.5. The van der Waals surface area contributed by atoms with Gasteiger partial charge in [0.05, 0.1) is 6.54 Å². The van der Waals surface area contributed by atoms with Gasteiger partial charge < -0.3 is 19.9 Å². The van der Waals surface area contributed by atoms with Gasteiger partial charge in [0.2, 0.25) is 11.8 Å². The number of aromatic hydroxyl groups is 1. The first-order valence-corrected chi connectivity index (χ1v) is 11.5. The monoisotopic (exact) mass is 451 g/mol. The van der Waals surface area contributed by atoms with E-state index in [9.17, 15) is 19.1 Å². The molecule has 0 aliphatic carbocycles. The Balaban J connectivity index is 1.39. The van der Waals surface area contributed by atoms with Crippen LogP contribution in [0.25, 0.3) is 10.9 Å². The van der Waals surface area contributed by atoms with Gasteiger partial charge in [-0.05, 0) is 48.6 Å². The molecular formula is C26H30FN3O3. The van der Waals surface area contributed by atoms with Crippen molar-refractivity contribution in [3.8, 4) is 5.75 Å². The van der Waals surface area contributed by atoms with Gasteiger partial charge in [-0.3, -0.25) is 9.59 Å². The molecule has 1 aliphatic rings. The molecule has 7 heteroatoms. The molecule has 0 unspecified atom stereocenters. The van der Waals surface area contributed by atoms with Gasteiger partial charge in [0, 0.05) is 30.1 Å². The minimum absolute atomic E-state index is 0.0196. The van der Waals surface area contributed by atoms with Gasteiger partial charge in [-0.15, -0.1) is 0 Å². The molecule has 0 saturated carbocycles. The van der Waals surface area contributed by atoms with Gasteiger partial charge in [-0.25, -0.2) is 4.39 Å². The third-order valence-corrected chi connectivity index (χ3v) is 6.29. The predicted octanol–water partition coefficient (Wildman–Crippen LogP) is 3.60. The van der Waals surface area contributed by atoms with E-state index < -0.39 is 12.2 Å². The number of rotatable bonds is 8. The third-order valence-electron chi connectivity index (χ3n) is 6.29. The number of benzene rings is 2. The van der Waals surface area contributed by atoms with E-state index in [0.717, 1.165) is 35.7 Å². The number of aromatic nitrogens is 1. The number of carbonyl (C=O) groups excluding carboxylic acids is 2. The fraction of sp³-hybridized carbons (Fsp3) is 0.385. The second-order valence-electron chi connectivity index (χ2n) is 8.61. The zero-order valence-corrected chi connectivity index (χ0v) is 18.8. The van der Waals surface area contributed by atoms with Gasteiger partial charge >= 0.3 is 0 Å². The van der Waals surface area contributed by atoms with Crippen LogP contribution in [0, 0.1) is 0 Å². The highest BCUT2D eigenvalue weighted by Gasteiger charge is 2.39. The lowest BCUT2D eigenvalue weighted by molar-refractivity contribution is -0.138. The summed E-state index contributed by atoms with van der Waals surface area (Å²) in [4.78, 5) is 27.2. The van der Waals surface area contributed by atoms with Crippen molar-refractivity contribution < 1.29 is 19.1 Å². The second-order valence-corrected chi connectivity index (χ2v) is 8.61. The van der Waals surface area contributed by atoms with Crippen molar-refractivity contribution >= 4 is 22.7 Å². The van der Waals surface area contributed by atoms with E-state index in [2.05, 4.69) is 5.32 Å². The number of nitrogens with one attached hydrogen (secondary N) is 1. The average molecular weight is 452 g/mol. The number of fused-ring (bicyclic) bond motifs is 1. The molecule has 1 aliphatic heterocycles. The highest BCUT2D eigenvalue weighted by molar-refractivity contribution is 5.90. The van der Waals surface area contributed by atoms with Crippen molar-refractivity contribution in [2.24, 2.45) is 0 Å². The van der Waals surface area contributed by atoms with Crippen molar-refractivity contribution in [3.05, 3.63) is 65.9 Å². The number of amides is 2. The van der Waals surface area contributed by atoms with Gasteiger partial charge in [-0.2, -0.15) is 0 Å². The molecule has 6 nitrogen and oxygen atoms in total. The Kier molecular flexibility index (Phi) is 6.96. The largest absolute Gasteiger partial charge is 0.508 e. The van der Waals surface area contributed by atoms with Crippen LogP contribution in [0.5, 0.6) is 5.75 Å². The maximum atomic E-state index is 14.2. The van der Waals surface area contributed by atoms with Crippen LogP contribution in [0.4, 0.5) is 4.39 Å². The highest BCUT2D eigenvalue weighted by atomic mass is 19.1. The summed E-state index contributed by atoms with van der Waals surface area (Å²) < 4.78 is 16.1. The van der Waals surface area contributed by atoms with Crippen molar-refractivity contribution in [2.75, 3.05) is 13.1 Å². The number of halogens is 1. The van der Waals surface area contributed by atoms with Crippen molar-refractivity contribution in [2.45, 2.75) is 51.4 Å². The lowest BCUT2D eigenvalue weighted by Gasteiger charge is -2.24. The molecule has 2 atom stereocenters. The molecule has 2 N–H and O–H groups in total. The highest BCUT2D eigenvalue weighted by Crippen LogP contribution is 2.27. The van der Waals surface area contributed by atoms with E-state index in [4.69, 9.17) is 0 Å². The van der Waals surface area contributed by atoms with Crippen LogP contribution in [-0.2, 0) is 29.0 Å². The number of aryl methyl sites for hydroxylation is 2. The van der Waals surface area contributed by atoms with Crippen LogP contribution in [0.1, 0.15) is 30.9 Å². The van der Waals surface area contributed by atoms with E-state index >= 15 is 0 Å². The summed E-state index contributed by atoms with van der Waals surface area (Å²) in [5.41, 5.74) is 3.05. The number of phenols is 1. The number of carbonyl (C=O) groups is 2. The molecule has 4 rings (SSSR count). The maximum absolute atomic E-state index is 14.2. The zero-order chi connectivity index (χ0) is 23.4. The summed E-state index contributed by atoms with van der Waals surface area (Å²) in [7, 11) is 0. The first kappa shape index (κ1) is 22.8. The van der Waals surface area contributed by atoms with Crippen LogP contribution >= 0.6 is 0 Å². The minimum atomic E-state index is -1.21.